The predicted octanol–water partition coefficient (Wildman–Crippen LogP) is 2.58. The van der Waals surface area contributed by atoms with Gasteiger partial charge in [0, 0.05) is 29.2 Å². The molecule has 0 spiro atoms. The Morgan fingerprint density at radius 2 is 2.07 bits per heavy atom. The van der Waals surface area contributed by atoms with Crippen LogP contribution in [0.1, 0.15) is 0 Å². The Bertz CT molecular complexity index is 547. The van der Waals surface area contributed by atoms with Crippen LogP contribution in [0.3, 0.4) is 0 Å². The summed E-state index contributed by atoms with van der Waals surface area (Å²) >= 11 is 0. The largest absolute Gasteiger partial charge is 0.256 e. The second-order valence-corrected chi connectivity index (χ2v) is 3.14. The molecule has 0 N–H and O–H groups in total. The van der Waals surface area contributed by atoms with Crippen LogP contribution in [-0.4, -0.2) is 9.97 Å². The molecule has 0 fully saturated rings. The molecule has 3 rings (SSSR count). The van der Waals surface area contributed by atoms with Crippen molar-refractivity contribution in [2.45, 2.75) is 0 Å². The first kappa shape index (κ1) is 7.44. The fraction of sp³-hybridized carbons (Fsp3) is 0. The van der Waals surface area contributed by atoms with Crippen LogP contribution in [0.2, 0.25) is 0 Å². The van der Waals surface area contributed by atoms with E-state index < -0.39 is 0 Å². The van der Waals surface area contributed by atoms with Gasteiger partial charge in [0.2, 0.25) is 0 Å². The maximum Gasteiger partial charge on any atom is 0.0796 e. The zero-order valence-corrected chi connectivity index (χ0v) is 7.44. The van der Waals surface area contributed by atoms with E-state index in [0.29, 0.717) is 0 Å². The van der Waals surface area contributed by atoms with Crippen molar-refractivity contribution in [1.29, 1.82) is 0 Å². The van der Waals surface area contributed by atoms with Crippen molar-refractivity contribution in [2.24, 2.45) is 0 Å². The molecule has 0 amide bonds. The van der Waals surface area contributed by atoms with Crippen molar-refractivity contribution in [1.82, 2.24) is 9.97 Å². The van der Waals surface area contributed by atoms with E-state index in [9.17, 15) is 0 Å². The summed E-state index contributed by atoms with van der Waals surface area (Å²) in [6, 6.07) is 12.9. The van der Waals surface area contributed by atoms with Crippen LogP contribution in [0, 0.1) is 6.07 Å². The molecule has 1 radical (unpaired) electrons. The number of fused-ring (bicyclic) bond motifs is 3. The topological polar surface area (TPSA) is 25.8 Å². The lowest BCUT2D eigenvalue weighted by Gasteiger charge is -2.00. The second-order valence-electron chi connectivity index (χ2n) is 3.14. The smallest absolute Gasteiger partial charge is 0.0796 e. The first-order valence-corrected chi connectivity index (χ1v) is 4.45. The van der Waals surface area contributed by atoms with E-state index in [2.05, 4.69) is 22.1 Å². The number of hydrogen-bond donors (Lipinski definition) is 0. The molecule has 0 aliphatic heterocycles. The summed E-state index contributed by atoms with van der Waals surface area (Å²) in [6.45, 7) is 0. The zero-order valence-electron chi connectivity index (χ0n) is 7.44. The minimum Gasteiger partial charge on any atom is -0.256 e. The number of hydrogen-bond acceptors (Lipinski definition) is 2. The molecule has 1 aromatic carbocycles. The monoisotopic (exact) mass is 179 g/mol. The Kier molecular flexibility index (Phi) is 1.47. The van der Waals surface area contributed by atoms with Gasteiger partial charge in [-0.05, 0) is 18.2 Å². The lowest BCUT2D eigenvalue weighted by Crippen LogP contribution is -1.82. The summed E-state index contributed by atoms with van der Waals surface area (Å²) < 4.78 is 0. The van der Waals surface area contributed by atoms with Gasteiger partial charge in [0.1, 0.15) is 0 Å². The summed E-state index contributed by atoms with van der Waals surface area (Å²) in [5.41, 5.74) is 1.96. The van der Waals surface area contributed by atoms with Crippen molar-refractivity contribution < 1.29 is 0 Å². The maximum absolute atomic E-state index is 4.35. The van der Waals surface area contributed by atoms with Gasteiger partial charge in [-0.15, -0.1) is 0 Å². The Hall–Kier alpha value is -1.96. The van der Waals surface area contributed by atoms with Gasteiger partial charge in [0.15, 0.2) is 0 Å². The molecule has 2 heteroatoms. The van der Waals surface area contributed by atoms with E-state index in [1.54, 1.807) is 12.4 Å². The highest BCUT2D eigenvalue weighted by molar-refractivity contribution is 6.03. The van der Waals surface area contributed by atoms with E-state index >= 15 is 0 Å². The standard InChI is InChI=1S/C12H7N2/c1-3-9-5-6-11-10(4-2-7-13-11)12(9)14-8-1/h1,3-8H. The highest BCUT2D eigenvalue weighted by Crippen LogP contribution is 2.20. The van der Waals surface area contributed by atoms with E-state index in [-0.39, 0.29) is 0 Å². The molecule has 0 saturated heterocycles. The zero-order chi connectivity index (χ0) is 9.38. The highest BCUT2D eigenvalue weighted by atomic mass is 14.7. The molecule has 0 unspecified atom stereocenters. The average molecular weight is 179 g/mol. The number of pyridine rings is 2. The lowest BCUT2D eigenvalue weighted by atomic mass is 10.1. The predicted molar refractivity (Wildman–Crippen MR) is 55.9 cm³/mol. The highest BCUT2D eigenvalue weighted by Gasteiger charge is 1.99. The van der Waals surface area contributed by atoms with Gasteiger partial charge in [0.05, 0.1) is 11.0 Å². The Balaban J connectivity index is 2.61. The maximum atomic E-state index is 4.35. The lowest BCUT2D eigenvalue weighted by molar-refractivity contribution is 1.39. The Morgan fingerprint density at radius 1 is 1.07 bits per heavy atom. The summed E-state index contributed by atoms with van der Waals surface area (Å²) in [7, 11) is 0. The number of nitrogens with zero attached hydrogens (tertiary/aromatic N) is 2. The molecule has 0 atom stereocenters. The fourth-order valence-corrected chi connectivity index (χ4v) is 1.64. The quantitative estimate of drug-likeness (QED) is 0.496. The van der Waals surface area contributed by atoms with Crippen molar-refractivity contribution in [3.8, 4) is 0 Å². The van der Waals surface area contributed by atoms with Crippen LogP contribution in [0.25, 0.3) is 21.8 Å². The van der Waals surface area contributed by atoms with Gasteiger partial charge in [-0.2, -0.15) is 0 Å². The molecule has 0 bridgehead atoms. The minimum absolute atomic E-state index is 0.968. The molecule has 0 aliphatic carbocycles. The molecule has 2 aromatic heterocycles. The van der Waals surface area contributed by atoms with Crippen molar-refractivity contribution in [2.75, 3.05) is 0 Å². The molecule has 0 saturated carbocycles. The fourth-order valence-electron chi connectivity index (χ4n) is 1.64. The second kappa shape index (κ2) is 2.77. The summed E-state index contributed by atoms with van der Waals surface area (Å²) in [5, 5.41) is 2.20. The molecule has 0 aliphatic rings. The van der Waals surface area contributed by atoms with E-state index in [1.165, 1.54) is 0 Å². The van der Waals surface area contributed by atoms with Gasteiger partial charge >= 0.3 is 0 Å². The molecule has 3 aromatic rings. The van der Waals surface area contributed by atoms with Crippen molar-refractivity contribution in [3.63, 3.8) is 0 Å². The van der Waals surface area contributed by atoms with Gasteiger partial charge < -0.3 is 0 Å². The molecular formula is C12H7N2. The molecule has 14 heavy (non-hydrogen) atoms. The first-order valence-electron chi connectivity index (χ1n) is 4.45. The molecule has 2 nitrogen and oxygen atoms in total. The normalized spacial score (nSPS) is 10.9. The third-order valence-corrected chi connectivity index (χ3v) is 2.30. The summed E-state index contributed by atoms with van der Waals surface area (Å²) in [4.78, 5) is 8.59. The van der Waals surface area contributed by atoms with Crippen LogP contribution < -0.4 is 0 Å². The number of aromatic nitrogens is 2. The average Bonchev–Trinajstić information content (AvgIpc) is 2.29. The van der Waals surface area contributed by atoms with Crippen LogP contribution in [0.4, 0.5) is 0 Å². The van der Waals surface area contributed by atoms with Crippen LogP contribution in [0.15, 0.2) is 42.7 Å². The van der Waals surface area contributed by atoms with Gasteiger partial charge in [0.25, 0.3) is 0 Å². The Labute approximate surface area is 81.2 Å². The van der Waals surface area contributed by atoms with Gasteiger partial charge in [-0.1, -0.05) is 12.1 Å². The minimum atomic E-state index is 0.968. The third-order valence-electron chi connectivity index (χ3n) is 2.30. The molecule has 2 heterocycles. The van der Waals surface area contributed by atoms with Gasteiger partial charge in [-0.25, -0.2) is 0 Å². The van der Waals surface area contributed by atoms with E-state index in [0.717, 1.165) is 21.8 Å². The van der Waals surface area contributed by atoms with Crippen LogP contribution in [0.5, 0.6) is 0 Å². The summed E-state index contributed by atoms with van der Waals surface area (Å²) in [5.74, 6) is 0. The number of rotatable bonds is 0. The van der Waals surface area contributed by atoms with Crippen molar-refractivity contribution in [3.05, 3.63) is 48.8 Å². The Morgan fingerprint density at radius 3 is 3.07 bits per heavy atom. The van der Waals surface area contributed by atoms with Gasteiger partial charge in [-0.3, -0.25) is 9.97 Å². The molecular weight excluding hydrogens is 172 g/mol. The van der Waals surface area contributed by atoms with Crippen LogP contribution >= 0.6 is 0 Å². The number of benzene rings is 1. The van der Waals surface area contributed by atoms with E-state index in [1.807, 2.05) is 24.3 Å². The van der Waals surface area contributed by atoms with E-state index in [4.69, 9.17) is 0 Å². The van der Waals surface area contributed by atoms with Crippen LogP contribution in [-0.2, 0) is 0 Å². The third kappa shape index (κ3) is 0.973. The molecule has 65 valence electrons. The summed E-state index contributed by atoms with van der Waals surface area (Å²) in [6.07, 6.45) is 3.48. The first-order chi connectivity index (χ1) is 6.95. The van der Waals surface area contributed by atoms with Crippen molar-refractivity contribution >= 4 is 21.8 Å². The SMILES string of the molecule is [c]1cnc2ccc3cccnc3c2c1.